The van der Waals surface area contributed by atoms with Crippen LogP contribution < -0.4 is 10.2 Å². The Bertz CT molecular complexity index is 905. The number of benzene rings is 2. The molecule has 2 aromatic carbocycles. The molecule has 1 fully saturated rings. The number of hydrogen-bond donors (Lipinski definition) is 2. The van der Waals surface area contributed by atoms with Gasteiger partial charge in [0.25, 0.3) is 0 Å². The molecule has 0 aliphatic carbocycles. The molecule has 0 bridgehead atoms. The fraction of sp³-hybridized carbons (Fsp3) is 0.458. The summed E-state index contributed by atoms with van der Waals surface area (Å²) in [4.78, 5) is 4.95. The molecule has 0 spiro atoms. The van der Waals surface area contributed by atoms with E-state index in [9.17, 15) is 0 Å². The smallest absolute Gasteiger partial charge is 0.160 e. The molecule has 0 amide bonds. The van der Waals surface area contributed by atoms with E-state index in [1.54, 1.807) is 0 Å². The van der Waals surface area contributed by atoms with Gasteiger partial charge in [-0.1, -0.05) is 18.6 Å². The number of nitrogens with one attached hydrogen (secondary N) is 2. The first-order chi connectivity index (χ1) is 14.3. The third-order valence-electron chi connectivity index (χ3n) is 6.06. The molecule has 1 saturated heterocycles. The van der Waals surface area contributed by atoms with E-state index < -0.39 is 0 Å². The largest absolute Gasteiger partial charge is 0.372 e. The van der Waals surface area contributed by atoms with Crippen LogP contribution in [0.25, 0.3) is 10.9 Å². The van der Waals surface area contributed by atoms with Gasteiger partial charge in [-0.3, -0.25) is 5.10 Å². The van der Waals surface area contributed by atoms with Crippen molar-refractivity contribution in [3.05, 3.63) is 48.0 Å². The van der Waals surface area contributed by atoms with Crippen molar-refractivity contribution in [3.8, 4) is 0 Å². The van der Waals surface area contributed by atoms with Crippen LogP contribution in [0.1, 0.15) is 38.7 Å². The molecule has 0 atom stereocenters. The highest BCUT2D eigenvalue weighted by Gasteiger charge is 2.11. The van der Waals surface area contributed by atoms with Crippen LogP contribution in [0.15, 0.2) is 42.5 Å². The normalized spacial score (nSPS) is 15.0. The Labute approximate surface area is 174 Å². The second-order valence-electron chi connectivity index (χ2n) is 7.95. The van der Waals surface area contributed by atoms with E-state index in [1.807, 2.05) is 0 Å². The SMILES string of the molecule is CCN(CC)c1ccc2[nH]nc(Nc3ccc(CCN4CCCCC4)cc3)c2c1. The molecule has 3 aromatic rings. The average molecular weight is 392 g/mol. The van der Waals surface area contributed by atoms with Gasteiger partial charge in [-0.25, -0.2) is 0 Å². The lowest BCUT2D eigenvalue weighted by Gasteiger charge is -2.26. The molecule has 0 unspecified atom stereocenters. The molecule has 154 valence electrons. The van der Waals surface area contributed by atoms with Gasteiger partial charge in [-0.15, -0.1) is 0 Å². The molecule has 2 heterocycles. The van der Waals surface area contributed by atoms with Crippen LogP contribution in [0.4, 0.5) is 17.2 Å². The Hall–Kier alpha value is -2.53. The zero-order valence-electron chi connectivity index (χ0n) is 17.7. The van der Waals surface area contributed by atoms with Crippen molar-refractivity contribution in [2.45, 2.75) is 39.5 Å². The fourth-order valence-electron chi connectivity index (χ4n) is 4.24. The fourth-order valence-corrected chi connectivity index (χ4v) is 4.24. The highest BCUT2D eigenvalue weighted by atomic mass is 15.2. The summed E-state index contributed by atoms with van der Waals surface area (Å²) in [6, 6.07) is 15.3. The third kappa shape index (κ3) is 4.73. The van der Waals surface area contributed by atoms with Gasteiger partial charge in [-0.2, -0.15) is 5.10 Å². The number of likely N-dealkylation sites (tertiary alicyclic amines) is 1. The summed E-state index contributed by atoms with van der Waals surface area (Å²) in [5.74, 6) is 0.884. The summed E-state index contributed by atoms with van der Waals surface area (Å²) in [6.07, 6.45) is 5.24. The lowest BCUT2D eigenvalue weighted by Crippen LogP contribution is -2.31. The number of H-pyrrole nitrogens is 1. The zero-order chi connectivity index (χ0) is 20.1. The standard InChI is InChI=1S/C24H33N5/c1-3-29(4-2)21-12-13-23-22(18-21)24(27-26-23)25-20-10-8-19(9-11-20)14-17-28-15-6-5-7-16-28/h8-13,18H,3-7,14-17H2,1-2H3,(H2,25,26,27). The zero-order valence-corrected chi connectivity index (χ0v) is 17.7. The van der Waals surface area contributed by atoms with Gasteiger partial charge in [0.2, 0.25) is 0 Å². The topological polar surface area (TPSA) is 47.2 Å². The number of rotatable bonds is 8. The molecule has 4 rings (SSSR count). The van der Waals surface area contributed by atoms with Crippen LogP contribution >= 0.6 is 0 Å². The molecule has 29 heavy (non-hydrogen) atoms. The maximum absolute atomic E-state index is 4.50. The maximum atomic E-state index is 4.50. The quantitative estimate of drug-likeness (QED) is 0.555. The number of piperidine rings is 1. The minimum absolute atomic E-state index is 0.884. The van der Waals surface area contributed by atoms with Crippen molar-refractivity contribution in [3.63, 3.8) is 0 Å². The van der Waals surface area contributed by atoms with Gasteiger partial charge in [-0.05, 0) is 82.1 Å². The summed E-state index contributed by atoms with van der Waals surface area (Å²) < 4.78 is 0. The molecule has 5 heteroatoms. The first kappa shape index (κ1) is 19.8. The first-order valence-corrected chi connectivity index (χ1v) is 11.1. The molecular weight excluding hydrogens is 358 g/mol. The van der Waals surface area contributed by atoms with E-state index in [-0.39, 0.29) is 0 Å². The Morgan fingerprint density at radius 3 is 2.48 bits per heavy atom. The molecule has 2 N–H and O–H groups in total. The summed E-state index contributed by atoms with van der Waals surface area (Å²) in [5.41, 5.74) is 4.77. The van der Waals surface area contributed by atoms with Crippen molar-refractivity contribution in [2.24, 2.45) is 0 Å². The Morgan fingerprint density at radius 1 is 1.00 bits per heavy atom. The highest BCUT2D eigenvalue weighted by Crippen LogP contribution is 2.28. The highest BCUT2D eigenvalue weighted by molar-refractivity contribution is 5.93. The first-order valence-electron chi connectivity index (χ1n) is 11.1. The average Bonchev–Trinajstić information content (AvgIpc) is 3.17. The van der Waals surface area contributed by atoms with Crippen LogP contribution in [0.3, 0.4) is 0 Å². The molecule has 0 saturated carbocycles. The van der Waals surface area contributed by atoms with Crippen molar-refractivity contribution in [2.75, 3.05) is 42.9 Å². The molecular formula is C24H33N5. The van der Waals surface area contributed by atoms with Crippen LogP contribution in [-0.2, 0) is 6.42 Å². The Kier molecular flexibility index (Phi) is 6.35. The molecule has 1 aromatic heterocycles. The molecule has 1 aliphatic rings. The van der Waals surface area contributed by atoms with Crippen LogP contribution in [0, 0.1) is 0 Å². The maximum Gasteiger partial charge on any atom is 0.160 e. The summed E-state index contributed by atoms with van der Waals surface area (Å²) in [6.45, 7) is 10.1. The number of anilines is 3. The number of aromatic nitrogens is 2. The second kappa shape index (κ2) is 9.31. The van der Waals surface area contributed by atoms with Gasteiger partial charge in [0.05, 0.1) is 5.52 Å². The number of nitrogens with zero attached hydrogens (tertiary/aromatic N) is 3. The Balaban J connectivity index is 1.43. The molecule has 0 radical (unpaired) electrons. The van der Waals surface area contributed by atoms with E-state index in [0.29, 0.717) is 0 Å². The number of fused-ring (bicyclic) bond motifs is 1. The molecule has 1 aliphatic heterocycles. The van der Waals surface area contributed by atoms with E-state index >= 15 is 0 Å². The predicted molar refractivity (Wildman–Crippen MR) is 123 cm³/mol. The van der Waals surface area contributed by atoms with E-state index in [2.05, 4.69) is 81.6 Å². The van der Waals surface area contributed by atoms with Crippen LogP contribution in [0.2, 0.25) is 0 Å². The van der Waals surface area contributed by atoms with Gasteiger partial charge in [0.1, 0.15) is 0 Å². The minimum atomic E-state index is 0.884. The van der Waals surface area contributed by atoms with Gasteiger partial charge in [0, 0.05) is 36.4 Å². The lowest BCUT2D eigenvalue weighted by molar-refractivity contribution is 0.231. The van der Waals surface area contributed by atoms with Crippen LogP contribution in [-0.4, -0.2) is 47.8 Å². The number of aromatic amines is 1. The van der Waals surface area contributed by atoms with Crippen molar-refractivity contribution in [1.82, 2.24) is 15.1 Å². The van der Waals surface area contributed by atoms with E-state index in [4.69, 9.17) is 0 Å². The summed E-state index contributed by atoms with van der Waals surface area (Å²) in [5, 5.41) is 12.3. The number of hydrogen-bond acceptors (Lipinski definition) is 4. The van der Waals surface area contributed by atoms with E-state index in [1.165, 1.54) is 50.1 Å². The summed E-state index contributed by atoms with van der Waals surface area (Å²) >= 11 is 0. The second-order valence-corrected chi connectivity index (χ2v) is 7.95. The van der Waals surface area contributed by atoms with Gasteiger partial charge < -0.3 is 15.1 Å². The monoisotopic (exact) mass is 391 g/mol. The third-order valence-corrected chi connectivity index (χ3v) is 6.06. The van der Waals surface area contributed by atoms with Gasteiger partial charge in [0.15, 0.2) is 5.82 Å². The lowest BCUT2D eigenvalue weighted by atomic mass is 10.1. The summed E-state index contributed by atoms with van der Waals surface area (Å²) in [7, 11) is 0. The van der Waals surface area contributed by atoms with Gasteiger partial charge >= 0.3 is 0 Å². The van der Waals surface area contributed by atoms with Crippen LogP contribution in [0.5, 0.6) is 0 Å². The minimum Gasteiger partial charge on any atom is -0.372 e. The van der Waals surface area contributed by atoms with Crippen molar-refractivity contribution >= 4 is 28.1 Å². The van der Waals surface area contributed by atoms with E-state index in [0.717, 1.165) is 41.9 Å². The Morgan fingerprint density at radius 2 is 1.76 bits per heavy atom. The van der Waals surface area contributed by atoms with Crippen molar-refractivity contribution in [1.29, 1.82) is 0 Å². The molecule has 5 nitrogen and oxygen atoms in total. The predicted octanol–water partition coefficient (Wildman–Crippen LogP) is 5.18. The van der Waals surface area contributed by atoms with Crippen molar-refractivity contribution < 1.29 is 0 Å².